The quantitative estimate of drug-likeness (QED) is 0.578. The second-order valence-electron chi connectivity index (χ2n) is 5.34. The molecule has 3 rings (SSSR count). The number of nitriles is 1. The minimum atomic E-state index is -0.111. The van der Waals surface area contributed by atoms with Gasteiger partial charge < -0.3 is 4.90 Å². The summed E-state index contributed by atoms with van der Waals surface area (Å²) in [6.07, 6.45) is 6.79. The van der Waals surface area contributed by atoms with Crippen LogP contribution >= 0.6 is 0 Å². The van der Waals surface area contributed by atoms with E-state index in [1.54, 1.807) is 11.9 Å². The number of likely N-dealkylation sites (N-methyl/N-ethyl adjacent to an activating group) is 1. The monoisotopic (exact) mass is 264 g/mol. The van der Waals surface area contributed by atoms with Gasteiger partial charge in [0, 0.05) is 18.5 Å². The van der Waals surface area contributed by atoms with Crippen LogP contribution < -0.4 is 0 Å². The lowest BCUT2D eigenvalue weighted by atomic mass is 9.80. The first-order valence-corrected chi connectivity index (χ1v) is 6.82. The van der Waals surface area contributed by atoms with Crippen molar-refractivity contribution < 1.29 is 4.79 Å². The average molecular weight is 264 g/mol. The Morgan fingerprint density at radius 1 is 1.35 bits per heavy atom. The zero-order valence-electron chi connectivity index (χ0n) is 11.4. The fourth-order valence-corrected chi connectivity index (χ4v) is 3.17. The Hall–Kier alpha value is -2.34. The molecule has 1 aromatic rings. The van der Waals surface area contributed by atoms with E-state index in [1.165, 1.54) is 0 Å². The van der Waals surface area contributed by atoms with E-state index in [0.717, 1.165) is 17.6 Å². The summed E-state index contributed by atoms with van der Waals surface area (Å²) in [7, 11) is 1.80. The van der Waals surface area contributed by atoms with Gasteiger partial charge in [0.25, 0.3) is 5.91 Å². The number of carbonyl (C=O) groups excluding carboxylic acids is 1. The van der Waals surface area contributed by atoms with Gasteiger partial charge >= 0.3 is 0 Å². The maximum atomic E-state index is 12.5. The Labute approximate surface area is 118 Å². The van der Waals surface area contributed by atoms with Crippen LogP contribution in [0.15, 0.2) is 48.1 Å². The van der Waals surface area contributed by atoms with Gasteiger partial charge in [-0.15, -0.1) is 0 Å². The highest BCUT2D eigenvalue weighted by Gasteiger charge is 2.45. The van der Waals surface area contributed by atoms with Crippen LogP contribution in [0.5, 0.6) is 0 Å². The molecule has 2 aliphatic rings. The van der Waals surface area contributed by atoms with Crippen LogP contribution in [0.25, 0.3) is 6.08 Å². The number of carbonyl (C=O) groups is 1. The third-order valence-corrected chi connectivity index (χ3v) is 4.17. The summed E-state index contributed by atoms with van der Waals surface area (Å²) in [6.45, 7) is 0. The Balaban J connectivity index is 2.03. The largest absolute Gasteiger partial charge is 0.337 e. The zero-order valence-corrected chi connectivity index (χ0v) is 11.4. The van der Waals surface area contributed by atoms with Gasteiger partial charge in [-0.3, -0.25) is 4.79 Å². The van der Waals surface area contributed by atoms with Crippen molar-refractivity contribution in [1.82, 2.24) is 4.90 Å². The molecule has 1 aliphatic carbocycles. The summed E-state index contributed by atoms with van der Waals surface area (Å²) >= 11 is 0. The Morgan fingerprint density at radius 3 is 2.80 bits per heavy atom. The Morgan fingerprint density at radius 2 is 2.10 bits per heavy atom. The number of likely N-dealkylation sites (tertiary alicyclic amines) is 1. The molecule has 1 saturated heterocycles. The molecular weight excluding hydrogens is 248 g/mol. The van der Waals surface area contributed by atoms with Crippen molar-refractivity contribution in [2.45, 2.75) is 12.5 Å². The molecule has 3 heteroatoms. The molecule has 0 saturated carbocycles. The summed E-state index contributed by atoms with van der Waals surface area (Å²) in [6, 6.07) is 12.2. The highest BCUT2D eigenvalue weighted by molar-refractivity contribution is 6.01. The van der Waals surface area contributed by atoms with E-state index in [1.807, 2.05) is 42.5 Å². The van der Waals surface area contributed by atoms with E-state index < -0.39 is 0 Å². The molecule has 100 valence electrons. The molecular formula is C17H16N2O. The smallest absolute Gasteiger partial charge is 0.250 e. The highest BCUT2D eigenvalue weighted by atomic mass is 16.2. The van der Waals surface area contributed by atoms with Crippen molar-refractivity contribution in [1.29, 1.82) is 5.26 Å². The first kappa shape index (κ1) is 12.7. The lowest BCUT2D eigenvalue weighted by Gasteiger charge is -2.29. The molecule has 1 amide bonds. The highest BCUT2D eigenvalue weighted by Crippen LogP contribution is 2.39. The first-order chi connectivity index (χ1) is 9.72. The number of amides is 1. The van der Waals surface area contributed by atoms with Crippen LogP contribution in [0.4, 0.5) is 0 Å². The molecule has 1 heterocycles. The second-order valence-corrected chi connectivity index (χ2v) is 5.34. The molecule has 1 aliphatic heterocycles. The third kappa shape index (κ3) is 1.94. The Kier molecular flexibility index (Phi) is 3.15. The molecule has 1 aromatic carbocycles. The maximum Gasteiger partial charge on any atom is 0.250 e. The Bertz CT molecular complexity index is 624. The molecule has 0 radical (unpaired) electrons. The van der Waals surface area contributed by atoms with Gasteiger partial charge in [-0.2, -0.15) is 5.26 Å². The van der Waals surface area contributed by atoms with Crippen LogP contribution in [0.3, 0.4) is 0 Å². The van der Waals surface area contributed by atoms with Gasteiger partial charge in [-0.25, -0.2) is 0 Å². The van der Waals surface area contributed by atoms with Crippen LogP contribution in [-0.4, -0.2) is 23.9 Å². The van der Waals surface area contributed by atoms with Crippen LogP contribution in [0.2, 0.25) is 0 Å². The molecule has 0 unspecified atom stereocenters. The summed E-state index contributed by atoms with van der Waals surface area (Å²) in [5, 5.41) is 9.28. The average Bonchev–Trinajstić information content (AvgIpc) is 2.73. The van der Waals surface area contributed by atoms with Crippen LogP contribution in [0.1, 0.15) is 12.0 Å². The molecule has 3 atom stereocenters. The predicted molar refractivity (Wildman–Crippen MR) is 77.3 cm³/mol. The number of rotatable bonds is 1. The second kappa shape index (κ2) is 4.97. The number of allylic oxidation sites excluding steroid dienone is 1. The topological polar surface area (TPSA) is 44.1 Å². The fraction of sp³-hybridized carbons (Fsp3) is 0.294. The van der Waals surface area contributed by atoms with Crippen LogP contribution in [0, 0.1) is 23.2 Å². The van der Waals surface area contributed by atoms with E-state index in [4.69, 9.17) is 0 Å². The first-order valence-electron chi connectivity index (χ1n) is 6.82. The minimum Gasteiger partial charge on any atom is -0.337 e. The van der Waals surface area contributed by atoms with Gasteiger partial charge in [-0.1, -0.05) is 42.5 Å². The molecule has 1 fully saturated rings. The predicted octanol–water partition coefficient (Wildman–Crippen LogP) is 2.63. The van der Waals surface area contributed by atoms with Crippen LogP contribution in [-0.2, 0) is 4.79 Å². The van der Waals surface area contributed by atoms with Gasteiger partial charge in [0.05, 0.1) is 18.0 Å². The van der Waals surface area contributed by atoms with Gasteiger partial charge in [0.15, 0.2) is 0 Å². The standard InChI is InChI=1S/C17H16N2O/c1-19-16-13(11-18)8-5-9-14(16)15(17(19)20)10-12-6-3-2-4-7-12/h2-7,9-10,13-14,16H,8H2,1H3/b15-10-/t13-,14+,16+/m1/s1. The molecule has 0 spiro atoms. The summed E-state index contributed by atoms with van der Waals surface area (Å²) < 4.78 is 0. The van der Waals surface area contributed by atoms with Crippen molar-refractivity contribution >= 4 is 12.0 Å². The van der Waals surface area contributed by atoms with E-state index in [2.05, 4.69) is 12.1 Å². The molecule has 0 aromatic heterocycles. The minimum absolute atomic E-state index is 0.0209. The van der Waals surface area contributed by atoms with Gasteiger partial charge in [0.1, 0.15) is 0 Å². The van der Waals surface area contributed by atoms with Crippen molar-refractivity contribution in [3.8, 4) is 6.07 Å². The molecule has 3 nitrogen and oxygen atoms in total. The van der Waals surface area contributed by atoms with Crippen molar-refractivity contribution in [2.24, 2.45) is 11.8 Å². The van der Waals surface area contributed by atoms with E-state index in [9.17, 15) is 10.1 Å². The van der Waals surface area contributed by atoms with Crippen molar-refractivity contribution in [3.05, 3.63) is 53.6 Å². The van der Waals surface area contributed by atoms with E-state index in [0.29, 0.717) is 0 Å². The summed E-state index contributed by atoms with van der Waals surface area (Å²) in [4.78, 5) is 14.2. The van der Waals surface area contributed by atoms with E-state index in [-0.39, 0.29) is 23.8 Å². The normalized spacial score (nSPS) is 30.4. The van der Waals surface area contributed by atoms with Crippen molar-refractivity contribution in [3.63, 3.8) is 0 Å². The summed E-state index contributed by atoms with van der Waals surface area (Å²) in [5.74, 6) is -0.0395. The molecule has 0 N–H and O–H groups in total. The molecule has 20 heavy (non-hydrogen) atoms. The number of hydrogen-bond donors (Lipinski definition) is 0. The maximum absolute atomic E-state index is 12.5. The lowest BCUT2D eigenvalue weighted by Crippen LogP contribution is -2.38. The number of hydrogen-bond acceptors (Lipinski definition) is 2. The lowest BCUT2D eigenvalue weighted by molar-refractivity contribution is -0.125. The third-order valence-electron chi connectivity index (χ3n) is 4.17. The zero-order chi connectivity index (χ0) is 14.1. The number of nitrogens with zero attached hydrogens (tertiary/aromatic N) is 2. The number of benzene rings is 1. The SMILES string of the molecule is CN1C(=O)/C(=C\c2ccccc2)[C@@H]2C=CC[C@H](C#N)[C@@H]21. The fourth-order valence-electron chi connectivity index (χ4n) is 3.17. The van der Waals surface area contributed by atoms with E-state index >= 15 is 0 Å². The van der Waals surface area contributed by atoms with Gasteiger partial charge in [0.2, 0.25) is 0 Å². The van der Waals surface area contributed by atoms with Crippen molar-refractivity contribution in [2.75, 3.05) is 7.05 Å². The molecule has 0 bridgehead atoms. The number of fused-ring (bicyclic) bond motifs is 1. The van der Waals surface area contributed by atoms with Gasteiger partial charge in [-0.05, 0) is 18.1 Å². The summed E-state index contributed by atoms with van der Waals surface area (Å²) in [5.41, 5.74) is 1.82.